The van der Waals surface area contributed by atoms with Gasteiger partial charge in [-0.2, -0.15) is 0 Å². The Labute approximate surface area is 209 Å². The van der Waals surface area contributed by atoms with E-state index in [1.54, 1.807) is 35.2 Å². The third-order valence-electron chi connectivity index (χ3n) is 6.48. The van der Waals surface area contributed by atoms with Gasteiger partial charge in [0.1, 0.15) is 11.8 Å². The highest BCUT2D eigenvalue weighted by Gasteiger charge is 2.41. The molecular formula is C27H28N4O5. The van der Waals surface area contributed by atoms with Crippen molar-refractivity contribution in [1.82, 2.24) is 15.1 Å². The van der Waals surface area contributed by atoms with Crippen LogP contribution >= 0.6 is 0 Å². The van der Waals surface area contributed by atoms with Crippen molar-refractivity contribution in [1.29, 1.82) is 0 Å². The standard InChI is InChI=1S/C27H28N4O5/c1-30-24(32)13-12-22(27(30)35)31-16-20-17(8-6-9-19(20)26(31)34)7-4-3-5-14-29-25(33)18-10-11-21(28)23(15-18)36-2/h6,8-11,15,22H,3,5,12-14,16,28H2,1-2H3,(H,29,33). The molecule has 9 nitrogen and oxygen atoms in total. The van der Waals surface area contributed by atoms with Crippen LogP contribution in [0, 0.1) is 11.8 Å². The fourth-order valence-corrected chi connectivity index (χ4v) is 4.40. The summed E-state index contributed by atoms with van der Waals surface area (Å²) in [7, 11) is 2.95. The lowest BCUT2D eigenvalue weighted by atomic mass is 10.0. The van der Waals surface area contributed by atoms with E-state index >= 15 is 0 Å². The SMILES string of the molecule is COc1cc(C(=O)NCCCC#Cc2cccc3c2CN(C2CCC(=O)N(C)C2=O)C3=O)ccc1N. The minimum absolute atomic E-state index is 0.211. The van der Waals surface area contributed by atoms with Crippen molar-refractivity contribution in [2.75, 3.05) is 26.4 Å². The first-order valence-corrected chi connectivity index (χ1v) is 11.8. The van der Waals surface area contributed by atoms with Gasteiger partial charge in [-0.25, -0.2) is 0 Å². The number of imide groups is 1. The molecule has 1 atom stereocenters. The normalized spacial score (nSPS) is 16.9. The maximum atomic E-state index is 13.0. The van der Waals surface area contributed by atoms with E-state index in [0.717, 1.165) is 16.0 Å². The summed E-state index contributed by atoms with van der Waals surface area (Å²) in [5.74, 6) is 5.70. The van der Waals surface area contributed by atoms with Gasteiger partial charge in [0, 0.05) is 49.7 Å². The number of methoxy groups -OCH3 is 1. The second-order valence-electron chi connectivity index (χ2n) is 8.73. The number of nitrogens with two attached hydrogens (primary N) is 1. The van der Waals surface area contributed by atoms with Crippen molar-refractivity contribution in [2.45, 2.75) is 38.3 Å². The number of carbonyl (C=O) groups is 4. The zero-order chi connectivity index (χ0) is 25.8. The van der Waals surface area contributed by atoms with Gasteiger partial charge in [0.05, 0.1) is 12.8 Å². The van der Waals surface area contributed by atoms with Crippen LogP contribution in [-0.2, 0) is 16.1 Å². The van der Waals surface area contributed by atoms with Crippen LogP contribution in [0.15, 0.2) is 36.4 Å². The largest absolute Gasteiger partial charge is 0.495 e. The van der Waals surface area contributed by atoms with E-state index in [-0.39, 0.29) is 30.0 Å². The molecule has 2 aliphatic rings. The number of fused-ring (bicyclic) bond motifs is 1. The highest BCUT2D eigenvalue weighted by atomic mass is 16.5. The Kier molecular flexibility index (Phi) is 7.25. The predicted octanol–water partition coefficient (Wildman–Crippen LogP) is 1.94. The van der Waals surface area contributed by atoms with E-state index in [1.165, 1.54) is 14.2 Å². The number of nitrogen functional groups attached to an aromatic ring is 1. The number of ether oxygens (including phenoxy) is 1. The Morgan fingerprint density at radius 1 is 1.22 bits per heavy atom. The molecule has 186 valence electrons. The van der Waals surface area contributed by atoms with Crippen LogP contribution in [0.5, 0.6) is 5.75 Å². The molecule has 2 heterocycles. The van der Waals surface area contributed by atoms with Crippen molar-refractivity contribution < 1.29 is 23.9 Å². The number of likely N-dealkylation sites (tertiary alicyclic amines) is 1. The molecule has 1 fully saturated rings. The van der Waals surface area contributed by atoms with Gasteiger partial charge in [0.25, 0.3) is 17.7 Å². The summed E-state index contributed by atoms with van der Waals surface area (Å²) in [6, 6.07) is 9.61. The first-order valence-electron chi connectivity index (χ1n) is 11.8. The molecule has 3 N–H and O–H groups in total. The third kappa shape index (κ3) is 4.89. The van der Waals surface area contributed by atoms with E-state index in [0.29, 0.717) is 54.9 Å². The van der Waals surface area contributed by atoms with Gasteiger partial charge >= 0.3 is 0 Å². The summed E-state index contributed by atoms with van der Waals surface area (Å²) < 4.78 is 5.15. The minimum Gasteiger partial charge on any atom is -0.495 e. The monoisotopic (exact) mass is 488 g/mol. The molecule has 2 aromatic carbocycles. The molecule has 0 aromatic heterocycles. The third-order valence-corrected chi connectivity index (χ3v) is 6.48. The molecule has 0 saturated carbocycles. The molecule has 9 heteroatoms. The van der Waals surface area contributed by atoms with Gasteiger partial charge in [-0.05, 0) is 48.7 Å². The summed E-state index contributed by atoms with van der Waals surface area (Å²) in [5, 5.41) is 2.85. The number of carbonyl (C=O) groups excluding carboxylic acids is 4. The summed E-state index contributed by atoms with van der Waals surface area (Å²) >= 11 is 0. The Morgan fingerprint density at radius 2 is 2.03 bits per heavy atom. The van der Waals surface area contributed by atoms with Crippen LogP contribution in [0.4, 0.5) is 5.69 Å². The van der Waals surface area contributed by atoms with Gasteiger partial charge in [-0.3, -0.25) is 24.1 Å². The molecule has 2 aliphatic heterocycles. The fraction of sp³-hybridized carbons (Fsp3) is 0.333. The van der Waals surface area contributed by atoms with Gasteiger partial charge < -0.3 is 20.7 Å². The lowest BCUT2D eigenvalue weighted by Gasteiger charge is -2.33. The first-order chi connectivity index (χ1) is 17.3. The zero-order valence-corrected chi connectivity index (χ0v) is 20.3. The molecule has 4 rings (SSSR count). The van der Waals surface area contributed by atoms with Crippen LogP contribution in [0.1, 0.15) is 57.5 Å². The van der Waals surface area contributed by atoms with Crippen molar-refractivity contribution >= 4 is 29.3 Å². The fourth-order valence-electron chi connectivity index (χ4n) is 4.40. The van der Waals surface area contributed by atoms with E-state index < -0.39 is 6.04 Å². The molecule has 1 unspecified atom stereocenters. The van der Waals surface area contributed by atoms with E-state index in [2.05, 4.69) is 17.2 Å². The minimum atomic E-state index is -0.641. The zero-order valence-electron chi connectivity index (χ0n) is 20.3. The van der Waals surface area contributed by atoms with Gasteiger partial charge in [0.15, 0.2) is 0 Å². The molecule has 1 saturated heterocycles. The van der Waals surface area contributed by atoms with Crippen molar-refractivity contribution in [2.24, 2.45) is 0 Å². The van der Waals surface area contributed by atoms with Crippen molar-refractivity contribution in [3.63, 3.8) is 0 Å². The Balaban J connectivity index is 1.34. The number of amides is 4. The van der Waals surface area contributed by atoms with Crippen LogP contribution in [-0.4, -0.2) is 60.2 Å². The number of nitrogens with one attached hydrogen (secondary N) is 1. The lowest BCUT2D eigenvalue weighted by molar-refractivity contribution is -0.150. The molecule has 0 radical (unpaired) electrons. The number of likely N-dealkylation sites (N-methyl/N-ethyl adjacent to an activating group) is 1. The second-order valence-corrected chi connectivity index (χ2v) is 8.73. The molecule has 36 heavy (non-hydrogen) atoms. The number of piperidine rings is 1. The molecule has 0 spiro atoms. The molecular weight excluding hydrogens is 460 g/mol. The topological polar surface area (TPSA) is 122 Å². The Bertz CT molecular complexity index is 1290. The van der Waals surface area contributed by atoms with Gasteiger partial charge in [0.2, 0.25) is 5.91 Å². The van der Waals surface area contributed by atoms with Crippen LogP contribution in [0.2, 0.25) is 0 Å². The predicted molar refractivity (Wildman–Crippen MR) is 133 cm³/mol. The highest BCUT2D eigenvalue weighted by molar-refractivity contribution is 6.05. The molecule has 0 bridgehead atoms. The van der Waals surface area contributed by atoms with E-state index in [1.807, 2.05) is 6.07 Å². The first kappa shape index (κ1) is 24.8. The summed E-state index contributed by atoms with van der Waals surface area (Å²) in [5.41, 5.74) is 8.80. The second kappa shape index (κ2) is 10.5. The number of anilines is 1. The van der Waals surface area contributed by atoms with Crippen LogP contribution < -0.4 is 15.8 Å². The molecule has 2 aromatic rings. The number of nitrogens with zero attached hydrogens (tertiary/aromatic N) is 2. The number of unbranched alkanes of at least 4 members (excludes halogenated alkanes) is 1. The van der Waals surface area contributed by atoms with Crippen molar-refractivity contribution in [3.8, 4) is 17.6 Å². The van der Waals surface area contributed by atoms with Crippen LogP contribution in [0.25, 0.3) is 0 Å². The average Bonchev–Trinajstić information content (AvgIpc) is 3.21. The lowest BCUT2D eigenvalue weighted by Crippen LogP contribution is -2.53. The number of hydrogen-bond acceptors (Lipinski definition) is 6. The molecule has 0 aliphatic carbocycles. The maximum absolute atomic E-state index is 13.0. The quantitative estimate of drug-likeness (QED) is 0.277. The number of rotatable bonds is 6. The van der Waals surface area contributed by atoms with Gasteiger partial charge in [-0.15, -0.1) is 0 Å². The average molecular weight is 489 g/mol. The molecule has 4 amide bonds. The van der Waals surface area contributed by atoms with E-state index in [4.69, 9.17) is 10.5 Å². The summed E-state index contributed by atoms with van der Waals surface area (Å²) in [6.45, 7) is 0.744. The smallest absolute Gasteiger partial charge is 0.255 e. The summed E-state index contributed by atoms with van der Waals surface area (Å²) in [4.78, 5) is 52.4. The number of hydrogen-bond donors (Lipinski definition) is 2. The van der Waals surface area contributed by atoms with Gasteiger partial charge in [-0.1, -0.05) is 17.9 Å². The highest BCUT2D eigenvalue weighted by Crippen LogP contribution is 2.30. The summed E-state index contributed by atoms with van der Waals surface area (Å²) in [6.07, 6.45) is 1.78. The van der Waals surface area contributed by atoms with E-state index in [9.17, 15) is 19.2 Å². The van der Waals surface area contributed by atoms with Crippen molar-refractivity contribution in [3.05, 3.63) is 58.7 Å². The maximum Gasteiger partial charge on any atom is 0.255 e. The number of benzene rings is 2. The Hall–Kier alpha value is -4.32. The van der Waals surface area contributed by atoms with Crippen LogP contribution in [0.3, 0.4) is 0 Å². The Morgan fingerprint density at radius 3 is 2.81 bits per heavy atom.